The molecule has 2 aliphatic carbocycles. The van der Waals surface area contributed by atoms with Crippen LogP contribution in [0.3, 0.4) is 0 Å². The van der Waals surface area contributed by atoms with E-state index in [0.29, 0.717) is 5.75 Å². The summed E-state index contributed by atoms with van der Waals surface area (Å²) in [6.07, 6.45) is 4.58. The highest BCUT2D eigenvalue weighted by molar-refractivity contribution is 5.87. The van der Waals surface area contributed by atoms with E-state index in [2.05, 4.69) is 33.8 Å². The molecule has 1 N–H and O–H groups in total. The first-order valence-corrected chi connectivity index (χ1v) is 9.72. The fourth-order valence-corrected chi connectivity index (χ4v) is 5.67. The van der Waals surface area contributed by atoms with Gasteiger partial charge in [0.1, 0.15) is 5.41 Å². The molecule has 0 spiro atoms. The van der Waals surface area contributed by atoms with Crippen molar-refractivity contribution in [3.63, 3.8) is 0 Å². The van der Waals surface area contributed by atoms with Gasteiger partial charge in [0.25, 0.3) is 0 Å². The molecule has 0 radical (unpaired) electrons. The number of fused-ring (bicyclic) bond motifs is 3. The Balaban J connectivity index is 2.33. The molecule has 4 nitrogen and oxygen atoms in total. The molecule has 0 aliphatic heterocycles. The fraction of sp³-hybridized carbons (Fsp3) is 0.682. The summed E-state index contributed by atoms with van der Waals surface area (Å²) in [6, 6.07) is 2.14. The molecule has 0 saturated heterocycles. The first kappa shape index (κ1) is 19.1. The van der Waals surface area contributed by atoms with Gasteiger partial charge in [-0.2, -0.15) is 0 Å². The van der Waals surface area contributed by atoms with Gasteiger partial charge < -0.3 is 14.6 Å². The van der Waals surface area contributed by atoms with Crippen LogP contribution in [0.4, 0.5) is 0 Å². The molecular weight excluding hydrogens is 328 g/mol. The number of phenolic OH excluding ortho intramolecular Hbond substituents is 1. The van der Waals surface area contributed by atoms with Crippen molar-refractivity contribution >= 4 is 5.97 Å². The highest BCUT2D eigenvalue weighted by atomic mass is 16.5. The largest absolute Gasteiger partial charge is 0.504 e. The Kier molecular flexibility index (Phi) is 4.74. The number of aromatic hydroxyl groups is 1. The van der Waals surface area contributed by atoms with E-state index in [4.69, 9.17) is 9.47 Å². The summed E-state index contributed by atoms with van der Waals surface area (Å²) in [5, 5.41) is 11.3. The maximum Gasteiger partial charge on any atom is 0.316 e. The zero-order valence-corrected chi connectivity index (χ0v) is 16.9. The van der Waals surface area contributed by atoms with Gasteiger partial charge in [-0.25, -0.2) is 0 Å². The Morgan fingerprint density at radius 1 is 1.27 bits per heavy atom. The summed E-state index contributed by atoms with van der Waals surface area (Å²) in [6.45, 7) is 8.68. The average molecular weight is 360 g/mol. The summed E-state index contributed by atoms with van der Waals surface area (Å²) >= 11 is 0. The Morgan fingerprint density at radius 2 is 1.96 bits per heavy atom. The number of ether oxygens (including phenoxy) is 2. The Bertz CT molecular complexity index is 719. The topological polar surface area (TPSA) is 55.8 Å². The van der Waals surface area contributed by atoms with Crippen molar-refractivity contribution in [1.82, 2.24) is 0 Å². The minimum absolute atomic E-state index is 0.0283. The van der Waals surface area contributed by atoms with Crippen LogP contribution in [-0.2, 0) is 21.4 Å². The van der Waals surface area contributed by atoms with Gasteiger partial charge in [0.2, 0.25) is 0 Å². The number of carbonyl (C=O) groups is 1. The maximum absolute atomic E-state index is 13.2. The number of hydrogen-bond acceptors (Lipinski definition) is 4. The predicted octanol–water partition coefficient (Wildman–Crippen LogP) is 4.71. The highest BCUT2D eigenvalue weighted by Crippen LogP contribution is 2.61. The van der Waals surface area contributed by atoms with Crippen LogP contribution >= 0.6 is 0 Å². The van der Waals surface area contributed by atoms with E-state index >= 15 is 0 Å². The molecule has 1 aromatic rings. The lowest BCUT2D eigenvalue weighted by Crippen LogP contribution is -2.54. The molecule has 1 fully saturated rings. The molecule has 0 aromatic heterocycles. The van der Waals surface area contributed by atoms with Crippen molar-refractivity contribution < 1.29 is 19.4 Å². The number of phenols is 1. The third kappa shape index (κ3) is 2.52. The highest BCUT2D eigenvalue weighted by Gasteiger charge is 2.59. The monoisotopic (exact) mass is 360 g/mol. The minimum Gasteiger partial charge on any atom is -0.504 e. The van der Waals surface area contributed by atoms with E-state index in [1.807, 2.05) is 0 Å². The van der Waals surface area contributed by atoms with Crippen molar-refractivity contribution in [2.45, 2.75) is 71.1 Å². The van der Waals surface area contributed by atoms with Crippen LogP contribution in [0, 0.1) is 11.3 Å². The van der Waals surface area contributed by atoms with E-state index in [1.165, 1.54) is 7.11 Å². The van der Waals surface area contributed by atoms with Gasteiger partial charge in [-0.15, -0.1) is 0 Å². The third-order valence-corrected chi connectivity index (χ3v) is 6.82. The zero-order chi connectivity index (χ0) is 19.3. The van der Waals surface area contributed by atoms with E-state index in [1.54, 1.807) is 7.11 Å². The van der Waals surface area contributed by atoms with Crippen LogP contribution in [0.2, 0.25) is 0 Å². The zero-order valence-electron chi connectivity index (χ0n) is 16.9. The van der Waals surface area contributed by atoms with Crippen molar-refractivity contribution in [2.24, 2.45) is 11.3 Å². The van der Waals surface area contributed by atoms with Gasteiger partial charge >= 0.3 is 5.97 Å². The average Bonchev–Trinajstić information content (AvgIpc) is 2.59. The minimum atomic E-state index is -0.781. The molecule has 3 rings (SSSR count). The lowest BCUT2D eigenvalue weighted by atomic mass is 9.49. The molecule has 144 valence electrons. The maximum atomic E-state index is 13.2. The molecule has 1 saturated carbocycles. The molecular formula is C22H32O4. The normalized spacial score (nSPS) is 26.8. The Labute approximate surface area is 156 Å². The number of benzene rings is 1. The number of esters is 1. The van der Waals surface area contributed by atoms with Crippen LogP contribution in [0.25, 0.3) is 0 Å². The van der Waals surface area contributed by atoms with Crippen molar-refractivity contribution in [3.8, 4) is 11.5 Å². The number of rotatable bonds is 3. The van der Waals surface area contributed by atoms with Crippen LogP contribution in [0.15, 0.2) is 6.07 Å². The van der Waals surface area contributed by atoms with E-state index in [9.17, 15) is 9.90 Å². The summed E-state index contributed by atoms with van der Waals surface area (Å²) in [5.74, 6) is 0.818. The number of aryl methyl sites for hydroxylation is 1. The molecule has 26 heavy (non-hydrogen) atoms. The van der Waals surface area contributed by atoms with Gasteiger partial charge in [0.05, 0.1) is 14.2 Å². The van der Waals surface area contributed by atoms with Crippen molar-refractivity contribution in [1.29, 1.82) is 0 Å². The van der Waals surface area contributed by atoms with E-state index in [0.717, 1.165) is 48.8 Å². The lowest BCUT2D eigenvalue weighted by Gasteiger charge is -2.54. The molecule has 0 amide bonds. The standard InChI is InChI=1S/C22H32O4/c1-13(2)15-12-14-8-9-16-21(3,4)10-7-11-22(16,20(24)26-6)17(14)18(23)19(15)25-5/h12-13,16,23H,7-11H2,1-6H3. The Morgan fingerprint density at radius 3 is 2.54 bits per heavy atom. The molecule has 0 heterocycles. The number of carbonyl (C=O) groups excluding carboxylic acids is 1. The van der Waals surface area contributed by atoms with Gasteiger partial charge in [-0.3, -0.25) is 4.79 Å². The molecule has 2 unspecified atom stereocenters. The van der Waals surface area contributed by atoms with E-state index < -0.39 is 5.41 Å². The number of methoxy groups -OCH3 is 2. The smallest absolute Gasteiger partial charge is 0.316 e. The molecule has 4 heteroatoms. The first-order valence-electron chi connectivity index (χ1n) is 9.72. The van der Waals surface area contributed by atoms with Crippen LogP contribution in [0.5, 0.6) is 11.5 Å². The summed E-state index contributed by atoms with van der Waals surface area (Å²) < 4.78 is 10.9. The Hall–Kier alpha value is -1.71. The van der Waals surface area contributed by atoms with Crippen molar-refractivity contribution in [2.75, 3.05) is 14.2 Å². The molecule has 2 aliphatic rings. The molecule has 1 aromatic carbocycles. The quantitative estimate of drug-likeness (QED) is 0.793. The first-order chi connectivity index (χ1) is 12.2. The summed E-state index contributed by atoms with van der Waals surface area (Å²) in [7, 11) is 3.05. The molecule has 2 atom stereocenters. The second kappa shape index (κ2) is 6.47. The van der Waals surface area contributed by atoms with Gasteiger partial charge in [-0.05, 0) is 48.5 Å². The second-order valence-electron chi connectivity index (χ2n) is 8.93. The van der Waals surface area contributed by atoms with E-state index in [-0.39, 0.29) is 29.0 Å². The van der Waals surface area contributed by atoms with Gasteiger partial charge in [-0.1, -0.05) is 40.2 Å². The fourth-order valence-electron chi connectivity index (χ4n) is 5.67. The lowest BCUT2D eigenvalue weighted by molar-refractivity contribution is -0.156. The number of hydrogen-bond donors (Lipinski definition) is 1. The molecule has 0 bridgehead atoms. The van der Waals surface area contributed by atoms with Crippen LogP contribution < -0.4 is 4.74 Å². The van der Waals surface area contributed by atoms with Gasteiger partial charge in [0, 0.05) is 11.1 Å². The summed E-state index contributed by atoms with van der Waals surface area (Å²) in [4.78, 5) is 13.2. The van der Waals surface area contributed by atoms with Gasteiger partial charge in [0.15, 0.2) is 11.5 Å². The third-order valence-electron chi connectivity index (χ3n) is 6.82. The summed E-state index contributed by atoms with van der Waals surface area (Å²) in [5.41, 5.74) is 2.08. The SMILES string of the molecule is COC(=O)C12CCCC(C)(C)C1CCc1cc(C(C)C)c(OC)c(O)c12. The second-order valence-corrected chi connectivity index (χ2v) is 8.93. The van der Waals surface area contributed by atoms with Crippen LogP contribution in [-0.4, -0.2) is 25.3 Å². The van der Waals surface area contributed by atoms with Crippen molar-refractivity contribution in [3.05, 3.63) is 22.8 Å². The van der Waals surface area contributed by atoms with Crippen LogP contribution in [0.1, 0.15) is 76.0 Å². The predicted molar refractivity (Wildman–Crippen MR) is 102 cm³/mol.